The summed E-state index contributed by atoms with van der Waals surface area (Å²) in [5.41, 5.74) is 13.5. The predicted molar refractivity (Wildman–Crippen MR) is 143 cm³/mol. The van der Waals surface area contributed by atoms with Gasteiger partial charge in [0.2, 0.25) is 0 Å². The third kappa shape index (κ3) is 11.0. The van der Waals surface area contributed by atoms with Crippen molar-refractivity contribution in [2.75, 3.05) is 20.1 Å². The molecule has 4 N–H and O–H groups in total. The molecular formula is C29H43N3. The van der Waals surface area contributed by atoms with Crippen molar-refractivity contribution in [2.45, 2.75) is 52.9 Å². The largest absolute Gasteiger partial charge is 0.402 e. The molecule has 174 valence electrons. The number of allylic oxidation sites excluding steroid dienone is 9. The molecule has 1 aromatic carbocycles. The third-order valence-electron chi connectivity index (χ3n) is 5.10. The number of nitrogens with two attached hydrogens (primary N) is 1. The van der Waals surface area contributed by atoms with Crippen molar-refractivity contribution in [3.8, 4) is 0 Å². The van der Waals surface area contributed by atoms with E-state index in [-0.39, 0.29) is 0 Å². The molecule has 0 aromatic heterocycles. The summed E-state index contributed by atoms with van der Waals surface area (Å²) in [7, 11) is 2.01. The Kier molecular flexibility index (Phi) is 13.6. The average molecular weight is 434 g/mol. The number of hydrogen-bond acceptors (Lipinski definition) is 3. The summed E-state index contributed by atoms with van der Waals surface area (Å²) in [6.45, 7) is 16.3. The molecule has 0 atom stereocenters. The van der Waals surface area contributed by atoms with E-state index < -0.39 is 0 Å². The van der Waals surface area contributed by atoms with Crippen molar-refractivity contribution in [1.82, 2.24) is 10.6 Å². The molecule has 3 nitrogen and oxygen atoms in total. The van der Waals surface area contributed by atoms with E-state index in [9.17, 15) is 0 Å². The standard InChI is InChI=1S/C29H43N3/c1-7-11-29(27-17-14-26(15-18-27)12-9-10-20-31-6)21-23(3)13-16-28(22-24(4)30)25(5)32-19-8-2/h7,11,13-18,21,31-32H,4-5,8-10,12,19-20,22,30H2,1-3,6H3/b11-7-,23-13+,28-16+,29-21+. The van der Waals surface area contributed by atoms with Crippen LogP contribution in [0.25, 0.3) is 5.57 Å². The SMILES string of the molecule is C=C(N)C\C(=C/C=C(C)/C=C(\C=C/C)c1ccc(CCCCNC)cc1)C(=C)NCCC. The fraction of sp³-hybridized carbons (Fsp3) is 0.379. The van der Waals surface area contributed by atoms with E-state index in [1.54, 1.807) is 0 Å². The van der Waals surface area contributed by atoms with Crippen molar-refractivity contribution in [2.24, 2.45) is 5.73 Å². The molecule has 1 rings (SSSR count). The first-order valence-electron chi connectivity index (χ1n) is 11.7. The van der Waals surface area contributed by atoms with E-state index in [4.69, 9.17) is 5.73 Å². The van der Waals surface area contributed by atoms with Gasteiger partial charge in [-0.3, -0.25) is 0 Å². The molecule has 0 aliphatic rings. The Morgan fingerprint density at radius 2 is 1.78 bits per heavy atom. The van der Waals surface area contributed by atoms with Crippen LogP contribution in [0.1, 0.15) is 57.6 Å². The topological polar surface area (TPSA) is 50.1 Å². The van der Waals surface area contributed by atoms with E-state index in [1.165, 1.54) is 29.5 Å². The highest BCUT2D eigenvalue weighted by Crippen LogP contribution is 2.21. The lowest BCUT2D eigenvalue weighted by molar-refractivity contribution is 0.677. The zero-order valence-electron chi connectivity index (χ0n) is 20.6. The molecule has 0 aliphatic heterocycles. The number of benzene rings is 1. The number of rotatable bonds is 15. The van der Waals surface area contributed by atoms with Gasteiger partial charge < -0.3 is 16.4 Å². The van der Waals surface area contributed by atoms with Gasteiger partial charge in [-0.05, 0) is 75.4 Å². The van der Waals surface area contributed by atoms with Crippen LogP contribution in [0.3, 0.4) is 0 Å². The lowest BCUT2D eigenvalue weighted by atomic mass is 9.99. The minimum absolute atomic E-state index is 0.612. The Hall–Kier alpha value is -2.78. The zero-order valence-corrected chi connectivity index (χ0v) is 20.6. The normalized spacial score (nSPS) is 12.9. The second-order valence-corrected chi connectivity index (χ2v) is 8.20. The predicted octanol–water partition coefficient (Wildman–Crippen LogP) is 6.44. The maximum atomic E-state index is 5.87. The third-order valence-corrected chi connectivity index (χ3v) is 5.10. The van der Waals surface area contributed by atoms with Crippen molar-refractivity contribution >= 4 is 5.57 Å². The molecule has 0 unspecified atom stereocenters. The van der Waals surface area contributed by atoms with Crippen LogP contribution in [-0.4, -0.2) is 20.1 Å². The summed E-state index contributed by atoms with van der Waals surface area (Å²) in [4.78, 5) is 0. The lowest BCUT2D eigenvalue weighted by Crippen LogP contribution is -2.15. The van der Waals surface area contributed by atoms with Crippen molar-refractivity contribution < 1.29 is 0 Å². The van der Waals surface area contributed by atoms with E-state index in [0.717, 1.165) is 42.8 Å². The smallest absolute Gasteiger partial charge is 0.0303 e. The van der Waals surface area contributed by atoms with Crippen LogP contribution in [0.4, 0.5) is 0 Å². The lowest BCUT2D eigenvalue weighted by Gasteiger charge is -2.12. The Bertz CT molecular complexity index is 836. The van der Waals surface area contributed by atoms with E-state index in [1.807, 2.05) is 7.05 Å². The van der Waals surface area contributed by atoms with E-state index >= 15 is 0 Å². The fourth-order valence-corrected chi connectivity index (χ4v) is 3.33. The quantitative estimate of drug-likeness (QED) is 0.220. The monoisotopic (exact) mass is 433 g/mol. The van der Waals surface area contributed by atoms with E-state index in [2.05, 4.69) is 99.2 Å². The first kappa shape index (κ1) is 27.3. The average Bonchev–Trinajstić information content (AvgIpc) is 2.77. The second kappa shape index (κ2) is 15.9. The van der Waals surface area contributed by atoms with Crippen LogP contribution < -0.4 is 16.4 Å². The Balaban J connectivity index is 3.02. The molecule has 3 heteroatoms. The van der Waals surface area contributed by atoms with Gasteiger partial charge in [-0.2, -0.15) is 0 Å². The molecular weight excluding hydrogens is 390 g/mol. The van der Waals surface area contributed by atoms with Gasteiger partial charge in [0.05, 0.1) is 0 Å². The Morgan fingerprint density at radius 1 is 1.06 bits per heavy atom. The summed E-state index contributed by atoms with van der Waals surface area (Å²) < 4.78 is 0. The molecule has 0 aliphatic carbocycles. The van der Waals surface area contributed by atoms with Crippen LogP contribution in [0, 0.1) is 0 Å². The first-order valence-corrected chi connectivity index (χ1v) is 11.7. The molecule has 0 bridgehead atoms. The van der Waals surface area contributed by atoms with Crippen LogP contribution >= 0.6 is 0 Å². The minimum atomic E-state index is 0.612. The zero-order chi connectivity index (χ0) is 23.8. The minimum Gasteiger partial charge on any atom is -0.402 e. The second-order valence-electron chi connectivity index (χ2n) is 8.20. The Labute approximate surface area is 196 Å². The van der Waals surface area contributed by atoms with Crippen LogP contribution in [0.5, 0.6) is 0 Å². The van der Waals surface area contributed by atoms with Crippen LogP contribution in [0.2, 0.25) is 0 Å². The fourth-order valence-electron chi connectivity index (χ4n) is 3.33. The molecule has 1 aromatic rings. The summed E-state index contributed by atoms with van der Waals surface area (Å²) in [5, 5.41) is 6.56. The van der Waals surface area contributed by atoms with Gasteiger partial charge in [0.25, 0.3) is 0 Å². The van der Waals surface area contributed by atoms with Crippen molar-refractivity contribution in [3.63, 3.8) is 0 Å². The molecule has 0 fully saturated rings. The van der Waals surface area contributed by atoms with Crippen LogP contribution in [-0.2, 0) is 6.42 Å². The summed E-state index contributed by atoms with van der Waals surface area (Å²) in [5.74, 6) is 0. The molecule has 0 spiro atoms. The Morgan fingerprint density at radius 3 is 2.38 bits per heavy atom. The van der Waals surface area contributed by atoms with E-state index in [0.29, 0.717) is 12.1 Å². The molecule has 0 radical (unpaired) electrons. The van der Waals surface area contributed by atoms with Gasteiger partial charge in [0.1, 0.15) is 0 Å². The molecule has 0 saturated carbocycles. The van der Waals surface area contributed by atoms with Crippen molar-refractivity contribution in [3.05, 3.63) is 101 Å². The van der Waals surface area contributed by atoms with Gasteiger partial charge >= 0.3 is 0 Å². The number of nitrogens with one attached hydrogen (secondary N) is 2. The highest BCUT2D eigenvalue weighted by atomic mass is 14.9. The van der Waals surface area contributed by atoms with Gasteiger partial charge in [0, 0.05) is 24.4 Å². The van der Waals surface area contributed by atoms with Crippen LogP contribution in [0.15, 0.2) is 90.3 Å². The molecule has 0 saturated heterocycles. The van der Waals surface area contributed by atoms with Gasteiger partial charge in [-0.1, -0.05) is 80.3 Å². The molecule has 0 heterocycles. The highest BCUT2D eigenvalue weighted by molar-refractivity contribution is 5.76. The number of aryl methyl sites for hydroxylation is 1. The maximum Gasteiger partial charge on any atom is 0.0303 e. The molecule has 32 heavy (non-hydrogen) atoms. The first-order chi connectivity index (χ1) is 15.4. The summed E-state index contributed by atoms with van der Waals surface area (Å²) in [6.07, 6.45) is 15.9. The highest BCUT2D eigenvalue weighted by Gasteiger charge is 2.03. The van der Waals surface area contributed by atoms with Gasteiger partial charge in [-0.25, -0.2) is 0 Å². The maximum absolute atomic E-state index is 5.87. The number of unbranched alkanes of at least 4 members (excludes halogenated alkanes) is 1. The van der Waals surface area contributed by atoms with Gasteiger partial charge in [0.15, 0.2) is 0 Å². The summed E-state index contributed by atoms with van der Waals surface area (Å²) >= 11 is 0. The number of hydrogen-bond donors (Lipinski definition) is 3. The summed E-state index contributed by atoms with van der Waals surface area (Å²) in [6, 6.07) is 8.95. The molecule has 0 amide bonds. The van der Waals surface area contributed by atoms with Gasteiger partial charge in [-0.15, -0.1) is 0 Å². The van der Waals surface area contributed by atoms with Crippen molar-refractivity contribution in [1.29, 1.82) is 0 Å².